The number of hydrogen-bond acceptors (Lipinski definition) is 3. The second-order valence-corrected chi connectivity index (χ2v) is 4.73. The van der Waals surface area contributed by atoms with Crippen molar-refractivity contribution in [2.45, 2.75) is 6.54 Å². The van der Waals surface area contributed by atoms with Crippen molar-refractivity contribution in [1.29, 1.82) is 0 Å². The zero-order chi connectivity index (χ0) is 14.7. The Hall–Kier alpha value is -2.82. The molecule has 0 unspecified atom stereocenters. The molecule has 0 atom stereocenters. The highest BCUT2D eigenvalue weighted by Crippen LogP contribution is 2.14. The maximum Gasteiger partial charge on any atom is 0.412 e. The molecule has 5 heteroatoms. The summed E-state index contributed by atoms with van der Waals surface area (Å²) in [6.07, 6.45) is 1.30. The summed E-state index contributed by atoms with van der Waals surface area (Å²) in [6.45, 7) is 0.401. The molecule has 0 saturated carbocycles. The lowest BCUT2D eigenvalue weighted by Crippen LogP contribution is -2.26. The topological polar surface area (TPSA) is 56.2 Å². The van der Waals surface area contributed by atoms with Crippen LogP contribution in [0.5, 0.6) is 5.75 Å². The summed E-state index contributed by atoms with van der Waals surface area (Å²) in [7, 11) is 1.95. The van der Waals surface area contributed by atoms with Gasteiger partial charge in [0.2, 0.25) is 0 Å². The van der Waals surface area contributed by atoms with Crippen molar-refractivity contribution in [1.82, 2.24) is 14.9 Å². The predicted octanol–water partition coefficient (Wildman–Crippen LogP) is 2.86. The van der Waals surface area contributed by atoms with E-state index in [1.54, 1.807) is 18.5 Å². The van der Waals surface area contributed by atoms with E-state index in [-0.39, 0.29) is 0 Å². The highest BCUT2D eigenvalue weighted by atomic mass is 16.5. The molecule has 3 aromatic rings. The fraction of sp³-hybridized carbons (Fsp3) is 0.125. The number of hydrogen-bond donors (Lipinski definition) is 1. The zero-order valence-electron chi connectivity index (χ0n) is 11.6. The first-order valence-electron chi connectivity index (χ1n) is 6.63. The van der Waals surface area contributed by atoms with E-state index < -0.39 is 6.09 Å². The molecular weight excluding hydrogens is 266 g/mol. The molecule has 0 saturated heterocycles. The molecule has 106 valence electrons. The lowest BCUT2D eigenvalue weighted by Gasteiger charge is -2.06. The Bertz CT molecular complexity index is 766. The second kappa shape index (κ2) is 5.66. The number of fused-ring (bicyclic) bond motifs is 1. The van der Waals surface area contributed by atoms with Crippen molar-refractivity contribution in [2.24, 2.45) is 7.05 Å². The summed E-state index contributed by atoms with van der Waals surface area (Å²) in [5, 5.41) is 2.72. The van der Waals surface area contributed by atoms with Crippen LogP contribution in [-0.4, -0.2) is 15.6 Å². The van der Waals surface area contributed by atoms with E-state index in [1.807, 2.05) is 48.0 Å². The summed E-state index contributed by atoms with van der Waals surface area (Å²) in [4.78, 5) is 16.0. The Morgan fingerprint density at radius 1 is 1.24 bits per heavy atom. The Labute approximate surface area is 122 Å². The fourth-order valence-corrected chi connectivity index (χ4v) is 2.10. The number of rotatable bonds is 3. The Morgan fingerprint density at radius 3 is 2.86 bits per heavy atom. The largest absolute Gasteiger partial charge is 0.412 e. The van der Waals surface area contributed by atoms with Gasteiger partial charge >= 0.3 is 6.09 Å². The molecular formula is C16H15N3O2. The number of amides is 1. The van der Waals surface area contributed by atoms with Gasteiger partial charge in [0, 0.05) is 13.6 Å². The van der Waals surface area contributed by atoms with Crippen molar-refractivity contribution in [3.8, 4) is 5.75 Å². The van der Waals surface area contributed by atoms with Crippen LogP contribution < -0.4 is 10.1 Å². The first kappa shape index (κ1) is 13.2. The molecule has 0 aliphatic heterocycles. The van der Waals surface area contributed by atoms with Crippen LogP contribution in [0.1, 0.15) is 5.56 Å². The smallest absolute Gasteiger partial charge is 0.410 e. The van der Waals surface area contributed by atoms with Crippen LogP contribution in [0.25, 0.3) is 11.0 Å². The minimum atomic E-state index is -0.470. The molecule has 0 aliphatic rings. The number of carbonyl (C=O) groups is 1. The van der Waals surface area contributed by atoms with E-state index in [9.17, 15) is 4.79 Å². The standard InChI is InChI=1S/C16H15N3O2/c1-19-11-18-14-9-12(7-8-15(14)19)10-17-16(20)21-13-5-3-2-4-6-13/h2-9,11H,10H2,1H3,(H,17,20). The first-order chi connectivity index (χ1) is 10.2. The number of ether oxygens (including phenoxy) is 1. The highest BCUT2D eigenvalue weighted by Gasteiger charge is 2.05. The minimum Gasteiger partial charge on any atom is -0.410 e. The van der Waals surface area contributed by atoms with E-state index in [2.05, 4.69) is 10.3 Å². The van der Waals surface area contributed by atoms with Crippen molar-refractivity contribution >= 4 is 17.1 Å². The molecule has 5 nitrogen and oxygen atoms in total. The molecule has 0 fully saturated rings. The average molecular weight is 281 g/mol. The van der Waals surface area contributed by atoms with Crippen LogP contribution in [0.15, 0.2) is 54.9 Å². The molecule has 0 bridgehead atoms. The number of para-hydroxylation sites is 1. The van der Waals surface area contributed by atoms with Gasteiger partial charge in [-0.25, -0.2) is 9.78 Å². The van der Waals surface area contributed by atoms with Gasteiger partial charge in [-0.05, 0) is 29.8 Å². The number of imidazole rings is 1. The number of aromatic nitrogens is 2. The van der Waals surface area contributed by atoms with E-state index in [1.165, 1.54) is 0 Å². The quantitative estimate of drug-likeness (QED) is 0.803. The molecule has 0 radical (unpaired) electrons. The van der Waals surface area contributed by atoms with E-state index in [4.69, 9.17) is 4.74 Å². The Morgan fingerprint density at radius 2 is 2.05 bits per heavy atom. The van der Waals surface area contributed by atoms with Gasteiger partial charge in [-0.2, -0.15) is 0 Å². The fourth-order valence-electron chi connectivity index (χ4n) is 2.10. The van der Waals surface area contributed by atoms with Crippen LogP contribution in [0, 0.1) is 0 Å². The van der Waals surface area contributed by atoms with Gasteiger partial charge in [0.05, 0.1) is 17.4 Å². The SMILES string of the molecule is Cn1cnc2cc(CNC(=O)Oc3ccccc3)ccc21. The third-order valence-corrected chi connectivity index (χ3v) is 3.18. The monoisotopic (exact) mass is 281 g/mol. The minimum absolute atomic E-state index is 0.401. The number of carbonyl (C=O) groups excluding carboxylic acids is 1. The molecule has 1 N–H and O–H groups in total. The maximum atomic E-state index is 11.7. The third kappa shape index (κ3) is 3.02. The molecule has 1 heterocycles. The number of nitrogens with zero attached hydrogens (tertiary/aromatic N) is 2. The first-order valence-corrected chi connectivity index (χ1v) is 6.63. The lowest BCUT2D eigenvalue weighted by molar-refractivity contribution is 0.200. The molecule has 0 aliphatic carbocycles. The number of nitrogens with one attached hydrogen (secondary N) is 1. The highest BCUT2D eigenvalue weighted by molar-refractivity contribution is 5.76. The molecule has 21 heavy (non-hydrogen) atoms. The summed E-state index contributed by atoms with van der Waals surface area (Å²) in [5.41, 5.74) is 2.95. The molecule has 2 aromatic carbocycles. The van der Waals surface area contributed by atoms with Crippen LogP contribution in [0.4, 0.5) is 4.79 Å². The van der Waals surface area contributed by atoms with E-state index in [0.29, 0.717) is 12.3 Å². The Balaban J connectivity index is 1.62. The average Bonchev–Trinajstić information content (AvgIpc) is 2.87. The van der Waals surface area contributed by atoms with Gasteiger partial charge in [0.25, 0.3) is 0 Å². The molecule has 1 aromatic heterocycles. The van der Waals surface area contributed by atoms with Crippen LogP contribution in [0.3, 0.4) is 0 Å². The van der Waals surface area contributed by atoms with Gasteiger partial charge in [0.1, 0.15) is 5.75 Å². The Kier molecular flexibility index (Phi) is 3.55. The van der Waals surface area contributed by atoms with Crippen LogP contribution in [0.2, 0.25) is 0 Å². The number of aryl methyl sites for hydroxylation is 1. The summed E-state index contributed by atoms with van der Waals surface area (Å²) in [6, 6.07) is 14.9. The zero-order valence-corrected chi connectivity index (χ0v) is 11.6. The maximum absolute atomic E-state index is 11.7. The normalized spacial score (nSPS) is 10.5. The summed E-state index contributed by atoms with van der Waals surface area (Å²) >= 11 is 0. The van der Waals surface area contributed by atoms with Crippen molar-refractivity contribution in [2.75, 3.05) is 0 Å². The second-order valence-electron chi connectivity index (χ2n) is 4.73. The van der Waals surface area contributed by atoms with Crippen LogP contribution >= 0.6 is 0 Å². The van der Waals surface area contributed by atoms with Crippen molar-refractivity contribution < 1.29 is 9.53 Å². The molecule has 1 amide bonds. The predicted molar refractivity (Wildman–Crippen MR) is 80.0 cm³/mol. The van der Waals surface area contributed by atoms with Gasteiger partial charge in [-0.15, -0.1) is 0 Å². The van der Waals surface area contributed by atoms with E-state index in [0.717, 1.165) is 16.6 Å². The number of benzene rings is 2. The van der Waals surface area contributed by atoms with Gasteiger partial charge < -0.3 is 14.6 Å². The third-order valence-electron chi connectivity index (χ3n) is 3.18. The molecule has 3 rings (SSSR count). The van der Waals surface area contributed by atoms with Gasteiger partial charge in [0.15, 0.2) is 0 Å². The van der Waals surface area contributed by atoms with Gasteiger partial charge in [-0.3, -0.25) is 0 Å². The summed E-state index contributed by atoms with van der Waals surface area (Å²) < 4.78 is 7.11. The van der Waals surface area contributed by atoms with E-state index >= 15 is 0 Å². The summed E-state index contributed by atoms with van der Waals surface area (Å²) in [5.74, 6) is 0.523. The lowest BCUT2D eigenvalue weighted by atomic mass is 10.2. The van der Waals surface area contributed by atoms with Gasteiger partial charge in [-0.1, -0.05) is 24.3 Å². The van der Waals surface area contributed by atoms with Crippen molar-refractivity contribution in [3.63, 3.8) is 0 Å². The van der Waals surface area contributed by atoms with Crippen molar-refractivity contribution in [3.05, 3.63) is 60.4 Å². The molecule has 0 spiro atoms. The van der Waals surface area contributed by atoms with Crippen LogP contribution in [-0.2, 0) is 13.6 Å².